The van der Waals surface area contributed by atoms with E-state index < -0.39 is 12.2 Å². The third-order valence-corrected chi connectivity index (χ3v) is 6.23. The number of esters is 1. The van der Waals surface area contributed by atoms with Gasteiger partial charge in [-0.3, -0.25) is 14.5 Å². The molecule has 0 spiro atoms. The van der Waals surface area contributed by atoms with Crippen LogP contribution in [0, 0.1) is 0 Å². The quantitative estimate of drug-likeness (QED) is 0.198. The molecule has 1 atom stereocenters. The number of carbonyl (C=O) groups is 2. The Morgan fingerprint density at radius 2 is 1.91 bits per heavy atom. The number of para-hydroxylation sites is 1. The molecule has 0 bridgehead atoms. The summed E-state index contributed by atoms with van der Waals surface area (Å²) in [5.41, 5.74) is 2.30. The highest BCUT2D eigenvalue weighted by Gasteiger charge is 2.35. The maximum absolute atomic E-state index is 13.0. The summed E-state index contributed by atoms with van der Waals surface area (Å²) in [5, 5.41) is 9.21. The number of benzene rings is 2. The van der Waals surface area contributed by atoms with Crippen molar-refractivity contribution in [1.29, 1.82) is 0 Å². The Kier molecular flexibility index (Phi) is 7.50. The molecule has 0 N–H and O–H groups in total. The standard InChI is InChI=1S/C25H26N4O5S/c1-5-6-13-35-25-26-23-22(27-28-25)18-9-7-8-10-19(18)29(15(2)30)24(34-23)17-11-12-20(32-4)21(14-17)33-16(3)31/h7-12,14,24H,5-6,13H2,1-4H3/t24-/m0/s1. The average molecular weight is 495 g/mol. The summed E-state index contributed by atoms with van der Waals surface area (Å²) < 4.78 is 17.1. The Balaban J connectivity index is 1.86. The van der Waals surface area contributed by atoms with Crippen LogP contribution in [0.25, 0.3) is 11.3 Å². The zero-order chi connectivity index (χ0) is 24.9. The molecule has 182 valence electrons. The van der Waals surface area contributed by atoms with E-state index in [4.69, 9.17) is 14.2 Å². The first-order chi connectivity index (χ1) is 16.9. The van der Waals surface area contributed by atoms with E-state index in [1.807, 2.05) is 24.3 Å². The minimum Gasteiger partial charge on any atom is -0.493 e. The van der Waals surface area contributed by atoms with E-state index in [-0.39, 0.29) is 17.5 Å². The van der Waals surface area contributed by atoms with Crippen LogP contribution in [0.5, 0.6) is 17.4 Å². The highest BCUT2D eigenvalue weighted by Crippen LogP contribution is 2.44. The number of hydrogen-bond donors (Lipinski definition) is 0. The van der Waals surface area contributed by atoms with Crippen LogP contribution in [0.3, 0.4) is 0 Å². The number of amides is 1. The normalized spacial score (nSPS) is 14.3. The smallest absolute Gasteiger partial charge is 0.308 e. The van der Waals surface area contributed by atoms with Crippen LogP contribution in [-0.4, -0.2) is 39.9 Å². The summed E-state index contributed by atoms with van der Waals surface area (Å²) in [7, 11) is 1.48. The molecule has 0 saturated heterocycles. The second-order valence-electron chi connectivity index (χ2n) is 7.83. The van der Waals surface area contributed by atoms with Crippen molar-refractivity contribution >= 4 is 29.3 Å². The number of unbranched alkanes of at least 4 members (excludes halogenated alkanes) is 1. The van der Waals surface area contributed by atoms with Gasteiger partial charge in [0.25, 0.3) is 0 Å². The Hall–Kier alpha value is -3.66. The topological polar surface area (TPSA) is 104 Å². The Bertz CT molecular complexity index is 1250. The van der Waals surface area contributed by atoms with Crippen LogP contribution in [0.4, 0.5) is 5.69 Å². The first-order valence-electron chi connectivity index (χ1n) is 11.2. The zero-order valence-corrected chi connectivity index (χ0v) is 20.8. The zero-order valence-electron chi connectivity index (χ0n) is 20.0. The molecule has 0 fully saturated rings. The van der Waals surface area contributed by atoms with Gasteiger partial charge < -0.3 is 14.2 Å². The van der Waals surface area contributed by atoms with E-state index in [0.717, 1.165) is 18.6 Å². The van der Waals surface area contributed by atoms with Gasteiger partial charge in [0, 0.05) is 30.7 Å². The van der Waals surface area contributed by atoms with Gasteiger partial charge in [0.2, 0.25) is 23.2 Å². The van der Waals surface area contributed by atoms with Crippen LogP contribution >= 0.6 is 11.8 Å². The largest absolute Gasteiger partial charge is 0.493 e. The fourth-order valence-corrected chi connectivity index (χ4v) is 4.58. The van der Waals surface area contributed by atoms with Gasteiger partial charge in [-0.25, -0.2) is 0 Å². The number of carbonyl (C=O) groups excluding carboxylic acids is 2. The summed E-state index contributed by atoms with van der Waals surface area (Å²) in [4.78, 5) is 30.8. The van der Waals surface area contributed by atoms with Crippen LogP contribution in [0.15, 0.2) is 47.6 Å². The lowest BCUT2D eigenvalue weighted by Gasteiger charge is -2.30. The Labute approximate surface area is 207 Å². The molecule has 1 amide bonds. The van der Waals surface area contributed by atoms with Crippen molar-refractivity contribution in [2.75, 3.05) is 17.8 Å². The number of rotatable bonds is 7. The minimum atomic E-state index is -0.902. The Morgan fingerprint density at radius 1 is 1.11 bits per heavy atom. The first-order valence-corrected chi connectivity index (χ1v) is 12.2. The molecule has 0 aliphatic carbocycles. The SMILES string of the molecule is CCCCSc1nnc2c(n1)O[C@@H](c1ccc(OC)c(OC(C)=O)c1)N(C(C)=O)c1ccccc1-2. The monoisotopic (exact) mass is 494 g/mol. The number of aromatic nitrogens is 3. The molecule has 1 aliphatic rings. The number of ether oxygens (including phenoxy) is 3. The molecule has 4 rings (SSSR count). The number of hydrogen-bond acceptors (Lipinski definition) is 9. The predicted molar refractivity (Wildman–Crippen MR) is 132 cm³/mol. The van der Waals surface area contributed by atoms with Crippen molar-refractivity contribution < 1.29 is 23.8 Å². The summed E-state index contributed by atoms with van der Waals surface area (Å²) >= 11 is 1.50. The second-order valence-corrected chi connectivity index (χ2v) is 8.89. The fourth-order valence-electron chi connectivity index (χ4n) is 3.72. The van der Waals surface area contributed by atoms with E-state index in [9.17, 15) is 9.59 Å². The van der Waals surface area contributed by atoms with Gasteiger partial charge in [0.05, 0.1) is 12.8 Å². The van der Waals surface area contributed by atoms with Crippen molar-refractivity contribution in [3.05, 3.63) is 48.0 Å². The number of fused-ring (bicyclic) bond motifs is 3. The second kappa shape index (κ2) is 10.7. The lowest BCUT2D eigenvalue weighted by atomic mass is 10.1. The van der Waals surface area contributed by atoms with Crippen LogP contribution in [0.1, 0.15) is 45.4 Å². The number of methoxy groups -OCH3 is 1. The average Bonchev–Trinajstić information content (AvgIpc) is 2.98. The van der Waals surface area contributed by atoms with Crippen LogP contribution < -0.4 is 19.1 Å². The molecule has 10 heteroatoms. The van der Waals surface area contributed by atoms with E-state index in [1.165, 1.54) is 37.6 Å². The van der Waals surface area contributed by atoms with Crippen molar-refractivity contribution in [2.45, 2.75) is 45.0 Å². The summed E-state index contributed by atoms with van der Waals surface area (Å²) in [6.07, 6.45) is 1.19. The molecule has 35 heavy (non-hydrogen) atoms. The lowest BCUT2D eigenvalue weighted by molar-refractivity contribution is -0.132. The summed E-state index contributed by atoms with van der Waals surface area (Å²) in [6.45, 7) is 4.89. The molecule has 2 heterocycles. The van der Waals surface area contributed by atoms with E-state index in [1.54, 1.807) is 18.2 Å². The number of thioether (sulfide) groups is 1. The van der Waals surface area contributed by atoms with Crippen LogP contribution in [0.2, 0.25) is 0 Å². The van der Waals surface area contributed by atoms with Gasteiger partial charge in [-0.1, -0.05) is 43.3 Å². The summed E-state index contributed by atoms with van der Waals surface area (Å²) in [6, 6.07) is 12.4. The molecule has 3 aromatic rings. The van der Waals surface area contributed by atoms with Gasteiger partial charge in [-0.05, 0) is 30.7 Å². The molecule has 0 radical (unpaired) electrons. The van der Waals surface area contributed by atoms with Crippen LogP contribution in [-0.2, 0) is 9.59 Å². The van der Waals surface area contributed by atoms with Crippen molar-refractivity contribution in [3.8, 4) is 28.6 Å². The molecular formula is C25H26N4O5S. The first kappa shape index (κ1) is 24.5. The van der Waals surface area contributed by atoms with Crippen molar-refractivity contribution in [3.63, 3.8) is 0 Å². The maximum atomic E-state index is 13.0. The Morgan fingerprint density at radius 3 is 2.63 bits per heavy atom. The maximum Gasteiger partial charge on any atom is 0.308 e. The molecular weight excluding hydrogens is 468 g/mol. The van der Waals surface area contributed by atoms with E-state index >= 15 is 0 Å². The third-order valence-electron chi connectivity index (χ3n) is 5.31. The van der Waals surface area contributed by atoms with Gasteiger partial charge in [-0.15, -0.1) is 10.2 Å². The van der Waals surface area contributed by atoms with Gasteiger partial charge >= 0.3 is 5.97 Å². The fraction of sp³-hybridized carbons (Fsp3) is 0.320. The molecule has 0 unspecified atom stereocenters. The van der Waals surface area contributed by atoms with Gasteiger partial charge in [-0.2, -0.15) is 4.98 Å². The van der Waals surface area contributed by atoms with Gasteiger partial charge in [0.1, 0.15) is 0 Å². The summed E-state index contributed by atoms with van der Waals surface area (Å²) in [5.74, 6) is 0.994. The van der Waals surface area contributed by atoms with Crippen molar-refractivity contribution in [2.24, 2.45) is 0 Å². The van der Waals surface area contributed by atoms with Crippen molar-refractivity contribution in [1.82, 2.24) is 15.2 Å². The third kappa shape index (κ3) is 5.22. The minimum absolute atomic E-state index is 0.221. The predicted octanol–water partition coefficient (Wildman–Crippen LogP) is 4.81. The lowest BCUT2D eigenvalue weighted by Crippen LogP contribution is -2.36. The molecule has 0 saturated carbocycles. The number of nitrogens with zero attached hydrogens (tertiary/aromatic N) is 4. The molecule has 1 aromatic heterocycles. The highest BCUT2D eigenvalue weighted by atomic mass is 32.2. The molecule has 1 aliphatic heterocycles. The highest BCUT2D eigenvalue weighted by molar-refractivity contribution is 7.99. The molecule has 9 nitrogen and oxygen atoms in total. The number of anilines is 1. The molecule has 2 aromatic carbocycles. The van der Waals surface area contributed by atoms with Gasteiger partial charge in [0.15, 0.2) is 17.2 Å². The van der Waals surface area contributed by atoms with E-state index in [2.05, 4.69) is 22.1 Å². The van der Waals surface area contributed by atoms with E-state index in [0.29, 0.717) is 33.4 Å².